The highest BCUT2D eigenvalue weighted by molar-refractivity contribution is 7.91. The number of aromatic nitrogens is 2. The maximum atomic E-state index is 13.3. The number of hydrogen-bond donors (Lipinski definition) is 1. The Hall–Kier alpha value is -2.62. The molecule has 0 saturated carbocycles. The minimum Gasteiger partial charge on any atom is -0.340 e. The number of amides is 1. The zero-order valence-electron chi connectivity index (χ0n) is 14.5. The number of anilines is 2. The molecule has 1 unspecified atom stereocenters. The summed E-state index contributed by atoms with van der Waals surface area (Å²) in [7, 11) is -3.13. The van der Waals surface area contributed by atoms with E-state index < -0.39 is 27.4 Å². The number of benzene rings is 1. The van der Waals surface area contributed by atoms with Gasteiger partial charge in [0.25, 0.3) is 5.91 Å². The zero-order valence-corrected chi connectivity index (χ0v) is 15.3. The average Bonchev–Trinajstić information content (AvgIpc) is 2.98. The van der Waals surface area contributed by atoms with Crippen LogP contribution in [0.25, 0.3) is 0 Å². The van der Waals surface area contributed by atoms with E-state index in [2.05, 4.69) is 15.3 Å². The summed E-state index contributed by atoms with van der Waals surface area (Å²) < 4.78 is 49.7. The highest BCUT2D eigenvalue weighted by Gasteiger charge is 2.34. The lowest BCUT2D eigenvalue weighted by atomic mass is 10.2. The first-order valence-corrected chi connectivity index (χ1v) is 10.2. The van der Waals surface area contributed by atoms with Crippen LogP contribution in [0, 0.1) is 11.6 Å². The molecule has 1 saturated heterocycles. The Labute approximate surface area is 155 Å². The first-order valence-electron chi connectivity index (χ1n) is 8.34. The molecule has 0 spiro atoms. The van der Waals surface area contributed by atoms with E-state index in [4.69, 9.17) is 0 Å². The Kier molecular flexibility index (Phi) is 5.36. The number of nitrogens with zero attached hydrogens (tertiary/aromatic N) is 3. The van der Waals surface area contributed by atoms with Gasteiger partial charge in [-0.1, -0.05) is 0 Å². The van der Waals surface area contributed by atoms with Crippen molar-refractivity contribution in [3.63, 3.8) is 0 Å². The minimum absolute atomic E-state index is 0.0579. The van der Waals surface area contributed by atoms with Gasteiger partial charge >= 0.3 is 0 Å². The van der Waals surface area contributed by atoms with Gasteiger partial charge in [-0.3, -0.25) is 4.79 Å². The Bertz CT molecular complexity index is 968. The van der Waals surface area contributed by atoms with E-state index in [-0.39, 0.29) is 34.7 Å². The van der Waals surface area contributed by atoms with Crippen LogP contribution in [0.5, 0.6) is 0 Å². The molecule has 0 radical (unpaired) electrons. The molecular formula is C17H18F2N4O3S. The van der Waals surface area contributed by atoms with Gasteiger partial charge < -0.3 is 10.2 Å². The van der Waals surface area contributed by atoms with Gasteiger partial charge in [0.05, 0.1) is 11.5 Å². The molecule has 1 amide bonds. The number of sulfone groups is 1. The lowest BCUT2D eigenvalue weighted by molar-refractivity contribution is 0.0702. The fraction of sp³-hybridized carbons (Fsp3) is 0.353. The van der Waals surface area contributed by atoms with E-state index in [0.29, 0.717) is 13.0 Å². The van der Waals surface area contributed by atoms with Gasteiger partial charge in [0, 0.05) is 30.4 Å². The first kappa shape index (κ1) is 19.2. The Morgan fingerprint density at radius 1 is 1.26 bits per heavy atom. The Morgan fingerprint density at radius 2 is 2.04 bits per heavy atom. The summed E-state index contributed by atoms with van der Waals surface area (Å²) in [6, 6.07) is 4.29. The van der Waals surface area contributed by atoms with Crippen molar-refractivity contribution in [2.75, 3.05) is 23.4 Å². The third-order valence-corrected chi connectivity index (χ3v) is 6.08. The molecule has 2 aromatic rings. The summed E-state index contributed by atoms with van der Waals surface area (Å²) in [5.74, 6) is -2.15. The van der Waals surface area contributed by atoms with E-state index in [1.165, 1.54) is 23.4 Å². The maximum Gasteiger partial charge on any atom is 0.272 e. The average molecular weight is 396 g/mol. The van der Waals surface area contributed by atoms with Crippen LogP contribution in [-0.4, -0.2) is 53.3 Å². The molecule has 10 heteroatoms. The van der Waals surface area contributed by atoms with Gasteiger partial charge in [-0.15, -0.1) is 0 Å². The summed E-state index contributed by atoms with van der Waals surface area (Å²) in [5.41, 5.74) is 0.349. The second kappa shape index (κ2) is 7.55. The van der Waals surface area contributed by atoms with Crippen LogP contribution in [0.15, 0.2) is 30.6 Å². The molecule has 27 heavy (non-hydrogen) atoms. The molecule has 1 aromatic heterocycles. The van der Waals surface area contributed by atoms with Gasteiger partial charge in [-0.25, -0.2) is 27.2 Å². The second-order valence-corrected chi connectivity index (χ2v) is 8.42. The van der Waals surface area contributed by atoms with Crippen LogP contribution in [0.2, 0.25) is 0 Å². The number of hydrogen-bond acceptors (Lipinski definition) is 6. The normalized spacial score (nSPS) is 18.3. The Balaban J connectivity index is 1.79. The van der Waals surface area contributed by atoms with E-state index in [1.807, 2.05) is 0 Å². The van der Waals surface area contributed by atoms with Crippen molar-refractivity contribution in [2.24, 2.45) is 0 Å². The Morgan fingerprint density at radius 3 is 2.67 bits per heavy atom. The lowest BCUT2D eigenvalue weighted by Gasteiger charge is -2.26. The molecular weight excluding hydrogens is 378 g/mol. The highest BCUT2D eigenvalue weighted by Crippen LogP contribution is 2.21. The molecule has 144 valence electrons. The van der Waals surface area contributed by atoms with Crippen LogP contribution in [0.4, 0.5) is 20.3 Å². The molecule has 7 nitrogen and oxygen atoms in total. The molecule has 2 heterocycles. The predicted octanol–water partition coefficient (Wildman–Crippen LogP) is 2.15. The fourth-order valence-electron chi connectivity index (χ4n) is 3.00. The second-order valence-electron chi connectivity index (χ2n) is 6.19. The highest BCUT2D eigenvalue weighted by atomic mass is 32.2. The number of carbonyl (C=O) groups is 1. The van der Waals surface area contributed by atoms with E-state index >= 15 is 0 Å². The summed E-state index contributed by atoms with van der Waals surface area (Å²) in [6.45, 7) is 2.11. The van der Waals surface area contributed by atoms with Crippen molar-refractivity contribution in [2.45, 2.75) is 19.4 Å². The quantitative estimate of drug-likeness (QED) is 0.833. The van der Waals surface area contributed by atoms with Gasteiger partial charge in [0.15, 0.2) is 21.5 Å². The van der Waals surface area contributed by atoms with Gasteiger partial charge in [0.1, 0.15) is 17.8 Å². The molecule has 1 atom stereocenters. The molecule has 1 aliphatic heterocycles. The summed E-state index contributed by atoms with van der Waals surface area (Å²) >= 11 is 0. The topological polar surface area (TPSA) is 92.3 Å². The number of carbonyl (C=O) groups excluding carboxylic acids is 1. The molecule has 1 aliphatic rings. The van der Waals surface area contributed by atoms with Gasteiger partial charge in [-0.2, -0.15) is 0 Å². The lowest BCUT2D eigenvalue weighted by Crippen LogP contribution is -2.41. The van der Waals surface area contributed by atoms with E-state index in [1.54, 1.807) is 6.92 Å². The largest absolute Gasteiger partial charge is 0.340 e. The van der Waals surface area contributed by atoms with E-state index in [9.17, 15) is 22.0 Å². The van der Waals surface area contributed by atoms with Gasteiger partial charge in [-0.05, 0) is 25.5 Å². The third-order valence-electron chi connectivity index (χ3n) is 4.33. The van der Waals surface area contributed by atoms with Crippen molar-refractivity contribution in [3.05, 3.63) is 47.9 Å². The van der Waals surface area contributed by atoms with Crippen molar-refractivity contribution >= 4 is 27.2 Å². The van der Waals surface area contributed by atoms with Crippen LogP contribution >= 0.6 is 0 Å². The van der Waals surface area contributed by atoms with Crippen LogP contribution in [0.1, 0.15) is 23.8 Å². The third kappa shape index (κ3) is 4.38. The van der Waals surface area contributed by atoms with Gasteiger partial charge in [0.2, 0.25) is 0 Å². The molecule has 3 rings (SSSR count). The zero-order chi connectivity index (χ0) is 19.6. The summed E-state index contributed by atoms with van der Waals surface area (Å²) in [4.78, 5) is 22.2. The van der Waals surface area contributed by atoms with Crippen molar-refractivity contribution < 1.29 is 22.0 Å². The fourth-order valence-corrected chi connectivity index (χ4v) is 4.73. The van der Waals surface area contributed by atoms with Crippen molar-refractivity contribution in [1.29, 1.82) is 0 Å². The molecule has 1 N–H and O–H groups in total. The SMILES string of the molecule is CCN(C(=O)c1cc(Nc2ccc(F)c(F)c2)ncn1)C1CCS(=O)(=O)C1. The minimum atomic E-state index is -3.13. The standard InChI is InChI=1S/C17H18F2N4O3S/c1-2-23(12-5-6-27(25,26)9-12)17(24)15-8-16(21-10-20-15)22-11-3-4-13(18)14(19)7-11/h3-4,7-8,10,12H,2,5-6,9H2,1H3,(H,20,21,22). The number of halogens is 2. The predicted molar refractivity (Wildman–Crippen MR) is 95.4 cm³/mol. The van der Waals surface area contributed by atoms with Crippen LogP contribution in [-0.2, 0) is 9.84 Å². The smallest absolute Gasteiger partial charge is 0.272 e. The number of nitrogens with one attached hydrogen (secondary N) is 1. The molecule has 1 aromatic carbocycles. The van der Waals surface area contributed by atoms with Crippen LogP contribution in [0.3, 0.4) is 0 Å². The molecule has 0 bridgehead atoms. The number of rotatable bonds is 5. The van der Waals surface area contributed by atoms with Crippen molar-refractivity contribution in [1.82, 2.24) is 14.9 Å². The monoisotopic (exact) mass is 396 g/mol. The first-order chi connectivity index (χ1) is 12.8. The maximum absolute atomic E-state index is 13.3. The van der Waals surface area contributed by atoms with Crippen LogP contribution < -0.4 is 5.32 Å². The molecule has 1 fully saturated rings. The van der Waals surface area contributed by atoms with Crippen molar-refractivity contribution in [3.8, 4) is 0 Å². The summed E-state index contributed by atoms with van der Waals surface area (Å²) in [6.07, 6.45) is 1.57. The summed E-state index contributed by atoms with van der Waals surface area (Å²) in [5, 5.41) is 2.78. The van der Waals surface area contributed by atoms with E-state index in [0.717, 1.165) is 12.1 Å². The molecule has 0 aliphatic carbocycles.